The lowest BCUT2D eigenvalue weighted by Crippen LogP contribution is -2.38. The van der Waals surface area contributed by atoms with E-state index in [1.807, 2.05) is 31.0 Å². The van der Waals surface area contributed by atoms with E-state index in [0.717, 1.165) is 37.1 Å². The maximum Gasteiger partial charge on any atom is 0.238 e. The molecule has 0 bridgehead atoms. The number of rotatable bonds is 5. The van der Waals surface area contributed by atoms with E-state index in [2.05, 4.69) is 5.32 Å². The molecule has 2 unspecified atom stereocenters. The Hall–Kier alpha value is -1.10. The van der Waals surface area contributed by atoms with Crippen LogP contribution in [0, 0.1) is 12.8 Å². The van der Waals surface area contributed by atoms with Crippen molar-refractivity contribution in [1.29, 1.82) is 0 Å². The van der Waals surface area contributed by atoms with Crippen molar-refractivity contribution < 1.29 is 9.90 Å². The molecule has 1 aliphatic rings. The van der Waals surface area contributed by atoms with Gasteiger partial charge in [0.1, 0.15) is 0 Å². The molecule has 1 aliphatic carbocycles. The van der Waals surface area contributed by atoms with E-state index in [-0.39, 0.29) is 17.9 Å². The van der Waals surface area contributed by atoms with Crippen LogP contribution in [0.5, 0.6) is 0 Å². The van der Waals surface area contributed by atoms with Gasteiger partial charge in [-0.2, -0.15) is 0 Å². The minimum absolute atomic E-state index is 0.0433. The summed E-state index contributed by atoms with van der Waals surface area (Å²) >= 11 is 5.92. The molecule has 0 aromatic heterocycles. The van der Waals surface area contributed by atoms with E-state index in [1.54, 1.807) is 6.07 Å². The van der Waals surface area contributed by atoms with Gasteiger partial charge in [0.05, 0.1) is 12.6 Å². The van der Waals surface area contributed by atoms with Crippen LogP contribution in [0.3, 0.4) is 0 Å². The maximum absolute atomic E-state index is 12.1. The van der Waals surface area contributed by atoms with Crippen LogP contribution in [-0.4, -0.2) is 42.2 Å². The number of halogens is 1. The number of nitrogens with zero attached hydrogens (tertiary/aromatic N) is 1. The van der Waals surface area contributed by atoms with E-state index >= 15 is 0 Å². The highest BCUT2D eigenvalue weighted by atomic mass is 35.5. The number of likely N-dealkylation sites (N-methyl/N-ethyl adjacent to an activating group) is 1. The van der Waals surface area contributed by atoms with Crippen molar-refractivity contribution in [2.75, 3.05) is 25.5 Å². The Morgan fingerprint density at radius 3 is 2.82 bits per heavy atom. The van der Waals surface area contributed by atoms with E-state index < -0.39 is 0 Å². The Balaban J connectivity index is 1.83. The first-order valence-electron chi connectivity index (χ1n) is 7.88. The number of amides is 1. The van der Waals surface area contributed by atoms with Crippen LogP contribution in [0.25, 0.3) is 0 Å². The fourth-order valence-electron chi connectivity index (χ4n) is 3.07. The molecule has 2 N–H and O–H groups in total. The molecule has 2 rings (SSSR count). The van der Waals surface area contributed by atoms with Gasteiger partial charge in [-0.25, -0.2) is 0 Å². The van der Waals surface area contributed by atoms with Crippen LogP contribution < -0.4 is 5.32 Å². The summed E-state index contributed by atoms with van der Waals surface area (Å²) in [7, 11) is 1.93. The number of carbonyl (C=O) groups is 1. The van der Waals surface area contributed by atoms with E-state index in [9.17, 15) is 9.90 Å². The number of aliphatic hydroxyl groups is 1. The summed E-state index contributed by atoms with van der Waals surface area (Å²) in [4.78, 5) is 14.1. The summed E-state index contributed by atoms with van der Waals surface area (Å²) in [5.41, 5.74) is 1.74. The third-order valence-corrected chi connectivity index (χ3v) is 4.53. The van der Waals surface area contributed by atoms with Crippen LogP contribution >= 0.6 is 11.6 Å². The molecule has 22 heavy (non-hydrogen) atoms. The molecule has 1 saturated carbocycles. The third-order valence-electron chi connectivity index (χ3n) is 4.29. The maximum atomic E-state index is 12.1. The van der Waals surface area contributed by atoms with Gasteiger partial charge in [-0.05, 0) is 56.5 Å². The normalized spacial score (nSPS) is 21.9. The van der Waals surface area contributed by atoms with Gasteiger partial charge in [-0.3, -0.25) is 9.69 Å². The second kappa shape index (κ2) is 7.95. The molecule has 0 radical (unpaired) electrons. The number of aryl methyl sites for hydroxylation is 1. The van der Waals surface area contributed by atoms with Crippen molar-refractivity contribution in [2.24, 2.45) is 5.92 Å². The lowest BCUT2D eigenvalue weighted by molar-refractivity contribution is -0.117. The van der Waals surface area contributed by atoms with Crippen LogP contribution in [0.1, 0.15) is 31.2 Å². The molecule has 1 aromatic rings. The second-order valence-electron chi connectivity index (χ2n) is 6.32. The summed E-state index contributed by atoms with van der Waals surface area (Å²) in [5, 5.41) is 13.6. The molecule has 0 saturated heterocycles. The van der Waals surface area contributed by atoms with Crippen molar-refractivity contribution in [3.8, 4) is 0 Å². The van der Waals surface area contributed by atoms with Crippen LogP contribution in [0.15, 0.2) is 18.2 Å². The van der Waals surface area contributed by atoms with Gasteiger partial charge >= 0.3 is 0 Å². The zero-order valence-corrected chi connectivity index (χ0v) is 14.1. The molecule has 0 aliphatic heterocycles. The molecule has 4 nitrogen and oxygen atoms in total. The summed E-state index contributed by atoms with van der Waals surface area (Å²) in [6, 6.07) is 5.42. The van der Waals surface area contributed by atoms with Gasteiger partial charge in [0.15, 0.2) is 0 Å². The van der Waals surface area contributed by atoms with E-state index in [4.69, 9.17) is 11.6 Å². The minimum Gasteiger partial charge on any atom is -0.393 e. The summed E-state index contributed by atoms with van der Waals surface area (Å²) in [6.07, 6.45) is 3.99. The molecule has 1 aromatic carbocycles. The number of aliphatic hydroxyl groups excluding tert-OH is 1. The lowest BCUT2D eigenvalue weighted by atomic mass is 9.86. The number of nitrogens with one attached hydrogen (secondary N) is 1. The summed E-state index contributed by atoms with van der Waals surface area (Å²) in [6.45, 7) is 3.00. The van der Waals surface area contributed by atoms with Gasteiger partial charge in [0.2, 0.25) is 5.91 Å². The average Bonchev–Trinajstić information content (AvgIpc) is 2.44. The first kappa shape index (κ1) is 17.3. The molecular weight excluding hydrogens is 300 g/mol. The average molecular weight is 325 g/mol. The minimum atomic E-state index is -0.224. The Bertz CT molecular complexity index is 521. The largest absolute Gasteiger partial charge is 0.393 e. The highest BCUT2D eigenvalue weighted by Crippen LogP contribution is 2.25. The van der Waals surface area contributed by atoms with Crippen molar-refractivity contribution in [2.45, 2.75) is 38.7 Å². The van der Waals surface area contributed by atoms with Crippen LogP contribution in [0.2, 0.25) is 5.02 Å². The Morgan fingerprint density at radius 1 is 1.41 bits per heavy atom. The van der Waals surface area contributed by atoms with Gasteiger partial charge in [0, 0.05) is 17.3 Å². The smallest absolute Gasteiger partial charge is 0.238 e. The molecule has 1 amide bonds. The monoisotopic (exact) mass is 324 g/mol. The van der Waals surface area contributed by atoms with Crippen molar-refractivity contribution in [1.82, 2.24) is 4.90 Å². The van der Waals surface area contributed by atoms with Gasteiger partial charge in [-0.15, -0.1) is 0 Å². The number of anilines is 1. The van der Waals surface area contributed by atoms with Crippen molar-refractivity contribution in [3.05, 3.63) is 28.8 Å². The number of carbonyl (C=O) groups excluding carboxylic acids is 1. The van der Waals surface area contributed by atoms with Crippen LogP contribution in [0.4, 0.5) is 5.69 Å². The van der Waals surface area contributed by atoms with Crippen LogP contribution in [-0.2, 0) is 4.79 Å². The third kappa shape index (κ3) is 4.97. The molecular formula is C17H25ClN2O2. The van der Waals surface area contributed by atoms with Gasteiger partial charge in [0.25, 0.3) is 0 Å². The Labute approximate surface area is 137 Å². The van der Waals surface area contributed by atoms with Gasteiger partial charge < -0.3 is 10.4 Å². The molecule has 5 heteroatoms. The standard InChI is InChI=1S/C17H25ClN2O2/c1-12-9-14(18)7-8-15(12)19-17(22)11-20(2)10-13-5-3-4-6-16(13)21/h7-9,13,16,21H,3-6,10-11H2,1-2H3,(H,19,22). The predicted molar refractivity (Wildman–Crippen MR) is 90.3 cm³/mol. The predicted octanol–water partition coefficient (Wildman–Crippen LogP) is 3.07. The zero-order chi connectivity index (χ0) is 16.1. The lowest BCUT2D eigenvalue weighted by Gasteiger charge is -2.31. The Morgan fingerprint density at radius 2 is 2.14 bits per heavy atom. The first-order valence-corrected chi connectivity index (χ1v) is 8.26. The molecule has 0 heterocycles. The second-order valence-corrected chi connectivity index (χ2v) is 6.75. The SMILES string of the molecule is Cc1cc(Cl)ccc1NC(=O)CN(C)CC1CCCCC1O. The number of hydrogen-bond acceptors (Lipinski definition) is 3. The highest BCUT2D eigenvalue weighted by Gasteiger charge is 2.24. The quantitative estimate of drug-likeness (QED) is 0.875. The zero-order valence-electron chi connectivity index (χ0n) is 13.3. The summed E-state index contributed by atoms with van der Waals surface area (Å²) < 4.78 is 0. The molecule has 2 atom stereocenters. The van der Waals surface area contributed by atoms with E-state index in [1.165, 1.54) is 6.42 Å². The molecule has 122 valence electrons. The molecule has 1 fully saturated rings. The first-order chi connectivity index (χ1) is 10.5. The molecule has 0 spiro atoms. The highest BCUT2D eigenvalue weighted by molar-refractivity contribution is 6.30. The number of hydrogen-bond donors (Lipinski definition) is 2. The van der Waals surface area contributed by atoms with Crippen molar-refractivity contribution >= 4 is 23.2 Å². The Kier molecular flexibility index (Phi) is 6.24. The topological polar surface area (TPSA) is 52.6 Å². The number of benzene rings is 1. The fourth-order valence-corrected chi connectivity index (χ4v) is 3.29. The van der Waals surface area contributed by atoms with Crippen molar-refractivity contribution in [3.63, 3.8) is 0 Å². The van der Waals surface area contributed by atoms with Gasteiger partial charge in [-0.1, -0.05) is 24.4 Å². The summed E-state index contributed by atoms with van der Waals surface area (Å²) in [5.74, 6) is 0.238. The van der Waals surface area contributed by atoms with E-state index in [0.29, 0.717) is 11.6 Å². The fraction of sp³-hybridized carbons (Fsp3) is 0.588.